The number of likely N-dealkylation sites (tertiary alicyclic amines) is 3. The molecule has 6 atom stereocenters. The Hall–Kier alpha value is -12.1. The number of aliphatic hydroxyl groups excluding tert-OH is 3. The van der Waals surface area contributed by atoms with E-state index < -0.39 is 59.2 Å². The molecule has 582 valence electrons. The summed E-state index contributed by atoms with van der Waals surface area (Å²) in [5, 5.41) is 41.6. The molecular weight excluding hydrogens is 1420 g/mol. The summed E-state index contributed by atoms with van der Waals surface area (Å²) in [7, 11) is 0. The molecule has 23 nitrogen and oxygen atoms in total. The Morgan fingerprint density at radius 2 is 0.643 bits per heavy atom. The molecule has 9 aromatic rings. The molecule has 0 radical (unpaired) electrons. The lowest BCUT2D eigenvalue weighted by Gasteiger charge is -2.26. The number of carboxylic acid groups (broad SMARTS) is 1. The number of benzene rings is 6. The maximum atomic E-state index is 13.3. The number of carbonyl (C=O) groups is 7. The Kier molecular flexibility index (Phi) is 24.7. The van der Waals surface area contributed by atoms with E-state index in [2.05, 4.69) is 56.5 Å². The van der Waals surface area contributed by atoms with E-state index in [1.807, 2.05) is 162 Å². The number of hydrogen-bond acceptors (Lipinski definition) is 16. The smallest absolute Gasteiger partial charge is 0.300 e. The topological polar surface area (TPSA) is 291 Å². The van der Waals surface area contributed by atoms with E-state index in [9.17, 15) is 44.1 Å². The number of fused-ring (bicyclic) bond motifs is 3. The van der Waals surface area contributed by atoms with E-state index in [0.29, 0.717) is 93.0 Å². The van der Waals surface area contributed by atoms with Crippen LogP contribution in [0.25, 0.3) is 17.3 Å². The zero-order valence-corrected chi connectivity index (χ0v) is 64.9. The molecule has 3 amide bonds. The number of rotatable bonds is 21. The van der Waals surface area contributed by atoms with Crippen LogP contribution in [0.2, 0.25) is 0 Å². The first kappa shape index (κ1) is 79.4. The van der Waals surface area contributed by atoms with Gasteiger partial charge in [-0.15, -0.1) is 0 Å². The molecule has 112 heavy (non-hydrogen) atoms. The van der Waals surface area contributed by atoms with Crippen molar-refractivity contribution < 1.29 is 68.2 Å². The number of carbonyl (C=O) groups excluding carboxylic acids is 6. The van der Waals surface area contributed by atoms with Crippen LogP contribution in [0.3, 0.4) is 0 Å². The van der Waals surface area contributed by atoms with Crippen molar-refractivity contribution in [2.45, 2.75) is 182 Å². The predicted molar refractivity (Wildman–Crippen MR) is 423 cm³/mol. The molecular formula is C89H97N9O14. The van der Waals surface area contributed by atoms with Crippen molar-refractivity contribution in [2.24, 2.45) is 0 Å². The van der Waals surface area contributed by atoms with E-state index in [1.165, 1.54) is 16.7 Å². The highest BCUT2D eigenvalue weighted by atomic mass is 16.5. The molecule has 4 N–H and O–H groups in total. The Labute approximate surface area is 652 Å². The van der Waals surface area contributed by atoms with Crippen LogP contribution in [-0.4, -0.2) is 143 Å². The highest BCUT2D eigenvalue weighted by molar-refractivity contribution is 6.48. The quantitative estimate of drug-likeness (QED) is 0.0295. The van der Waals surface area contributed by atoms with Gasteiger partial charge in [0.1, 0.15) is 52.8 Å². The van der Waals surface area contributed by atoms with Gasteiger partial charge >= 0.3 is 0 Å². The van der Waals surface area contributed by atoms with Crippen LogP contribution in [0, 0.1) is 0 Å². The van der Waals surface area contributed by atoms with Gasteiger partial charge in [0.15, 0.2) is 0 Å². The molecule has 6 aromatic carbocycles. The number of aliphatic hydroxyl groups is 3. The van der Waals surface area contributed by atoms with Gasteiger partial charge in [0.2, 0.25) is 0 Å². The number of imidazole rings is 3. The molecule has 0 saturated carbocycles. The second-order valence-electron chi connectivity index (χ2n) is 30.3. The molecule has 23 heteroatoms. The predicted octanol–water partition coefficient (Wildman–Crippen LogP) is 14.6. The van der Waals surface area contributed by atoms with Crippen LogP contribution in [0.1, 0.15) is 191 Å². The van der Waals surface area contributed by atoms with Gasteiger partial charge in [-0.3, -0.25) is 33.6 Å². The van der Waals surface area contributed by atoms with Gasteiger partial charge in [0.05, 0.1) is 53.8 Å². The number of ether oxygens (including phenoxy) is 3. The lowest BCUT2D eigenvalue weighted by Crippen LogP contribution is -2.31. The van der Waals surface area contributed by atoms with Crippen molar-refractivity contribution in [1.29, 1.82) is 0 Å². The fourth-order valence-electron chi connectivity index (χ4n) is 15.3. The first-order valence-corrected chi connectivity index (χ1v) is 38.3. The summed E-state index contributed by atoms with van der Waals surface area (Å²) in [6, 6.07) is 38.2. The van der Waals surface area contributed by atoms with E-state index >= 15 is 0 Å². The molecule has 15 rings (SSSR count). The van der Waals surface area contributed by atoms with Gasteiger partial charge in [0, 0.05) is 119 Å². The maximum absolute atomic E-state index is 13.3. The normalized spacial score (nSPS) is 20.2. The molecule has 3 aromatic heterocycles. The molecule has 6 aliphatic heterocycles. The lowest BCUT2D eigenvalue weighted by molar-refractivity contribution is -0.140. The summed E-state index contributed by atoms with van der Waals surface area (Å²) in [5.41, 5.74) is 10.8. The molecule has 3 saturated heterocycles. The van der Waals surface area contributed by atoms with Gasteiger partial charge < -0.3 is 63.0 Å². The first-order valence-electron chi connectivity index (χ1n) is 38.3. The fraction of sp³-hybridized carbons (Fsp3) is 0.348. The minimum Gasteiger partial charge on any atom is -0.507 e. The van der Waals surface area contributed by atoms with Crippen LogP contribution in [0.5, 0.6) is 17.2 Å². The Balaban J connectivity index is 0.000000152. The van der Waals surface area contributed by atoms with Gasteiger partial charge in [-0.05, 0) is 162 Å². The highest BCUT2D eigenvalue weighted by Crippen LogP contribution is 2.45. The highest BCUT2D eigenvalue weighted by Gasteiger charge is 2.49. The number of aryl methyl sites for hydroxylation is 3. The molecule has 6 aliphatic rings. The van der Waals surface area contributed by atoms with Crippen LogP contribution in [0.15, 0.2) is 200 Å². The lowest BCUT2D eigenvalue weighted by atomic mass is 9.92. The summed E-state index contributed by atoms with van der Waals surface area (Å²) in [5.74, 6) is -1.55. The average Bonchev–Trinajstić information content (AvgIpc) is 1.61. The second-order valence-corrected chi connectivity index (χ2v) is 30.3. The number of Topliss-reactive ketones (excluding diaryl/α,β-unsaturated/α-hetero) is 3. The Bertz CT molecular complexity index is 4530. The number of aliphatic carboxylic acids is 1. The number of amides is 3. The second kappa shape index (κ2) is 34.8. The third-order valence-corrected chi connectivity index (χ3v) is 21.0. The number of carboxylic acids is 1. The van der Waals surface area contributed by atoms with E-state index in [4.69, 9.17) is 24.1 Å². The standard InChI is InChI=1S/3C29H31N3O4.C2H4O2/c3*1-18(2)20-5-7-21(8-6-20)26-25(27(33)22-9-10-24-23(16-22)15-19(3)36-24)28(34)29(35)32(26)13-4-12-31-14-11-30-17-31;1-2(3)4/h3*5-11,14,16-19,26,33H,4,12-13,15H2,1-3H3;1H3,(H,3,4)/b3*27-25+;. The minimum absolute atomic E-state index is 0.0675. The zero-order valence-electron chi connectivity index (χ0n) is 64.9. The van der Waals surface area contributed by atoms with Crippen LogP contribution < -0.4 is 14.2 Å². The molecule has 9 heterocycles. The monoisotopic (exact) mass is 1520 g/mol. The first-order chi connectivity index (χ1) is 53.7. The number of nitrogens with zero attached hydrogens (tertiary/aromatic N) is 9. The fourth-order valence-corrected chi connectivity index (χ4v) is 15.3. The van der Waals surface area contributed by atoms with Crippen molar-refractivity contribution in [2.75, 3.05) is 19.6 Å². The average molecular weight is 1520 g/mol. The number of aromatic nitrogens is 6. The number of hydrogen-bond donors (Lipinski definition) is 4. The third-order valence-electron chi connectivity index (χ3n) is 21.0. The van der Waals surface area contributed by atoms with Crippen molar-refractivity contribution >= 4 is 58.3 Å². The zero-order chi connectivity index (χ0) is 79.8. The Morgan fingerprint density at radius 1 is 0.393 bits per heavy atom. The van der Waals surface area contributed by atoms with Crippen LogP contribution >= 0.6 is 0 Å². The third kappa shape index (κ3) is 17.7. The largest absolute Gasteiger partial charge is 0.507 e. The maximum Gasteiger partial charge on any atom is 0.300 e. The van der Waals surface area contributed by atoms with Crippen LogP contribution in [0.4, 0.5) is 0 Å². The summed E-state index contributed by atoms with van der Waals surface area (Å²) in [6.45, 7) is 23.0. The number of ketones is 3. The molecule has 6 unspecified atom stereocenters. The van der Waals surface area contributed by atoms with Gasteiger partial charge in [-0.25, -0.2) is 15.0 Å². The van der Waals surface area contributed by atoms with Crippen LogP contribution in [-0.2, 0) is 72.5 Å². The summed E-state index contributed by atoms with van der Waals surface area (Å²) < 4.78 is 23.2. The Morgan fingerprint density at radius 3 is 0.866 bits per heavy atom. The molecule has 0 spiro atoms. The molecule has 3 fully saturated rings. The summed E-state index contributed by atoms with van der Waals surface area (Å²) in [4.78, 5) is 106. The van der Waals surface area contributed by atoms with Crippen molar-refractivity contribution in [1.82, 2.24) is 43.4 Å². The van der Waals surface area contributed by atoms with Crippen molar-refractivity contribution in [3.05, 3.63) is 267 Å². The minimum atomic E-state index is -0.833. The van der Waals surface area contributed by atoms with E-state index in [1.54, 1.807) is 70.5 Å². The molecule has 0 bridgehead atoms. The van der Waals surface area contributed by atoms with Gasteiger partial charge in [-0.2, -0.15) is 0 Å². The van der Waals surface area contributed by atoms with Gasteiger partial charge in [0.25, 0.3) is 41.0 Å². The summed E-state index contributed by atoms with van der Waals surface area (Å²) in [6.07, 6.45) is 20.3. The SMILES string of the molecule is CC(=O)O.CC1Cc2cc(/C(O)=C3\C(=O)C(=O)N(CCCn4ccnc4)C3c3ccc(C(C)C)cc3)ccc2O1.CC1Cc2cc(/C(O)=C3\C(=O)C(=O)N(CCCn4ccnc4)C3c3ccc(C(C)C)cc3)ccc2O1.CC1Cc2cc(/C(O)=C3\C(=O)C(=O)N(CCCn4ccnc4)C3c3ccc(C(C)C)cc3)ccc2O1. The van der Waals surface area contributed by atoms with Crippen molar-refractivity contribution in [3.8, 4) is 17.2 Å². The summed E-state index contributed by atoms with van der Waals surface area (Å²) >= 11 is 0. The van der Waals surface area contributed by atoms with E-state index in [0.717, 1.165) is 76.8 Å². The van der Waals surface area contributed by atoms with Crippen molar-refractivity contribution in [3.63, 3.8) is 0 Å². The molecule has 0 aliphatic carbocycles. The van der Waals surface area contributed by atoms with E-state index in [-0.39, 0.29) is 52.3 Å². The van der Waals surface area contributed by atoms with Gasteiger partial charge in [-0.1, -0.05) is 114 Å².